The molecule has 2 aromatic carbocycles. The van der Waals surface area contributed by atoms with E-state index >= 15 is 0 Å². The molecule has 6 atom stereocenters. The molecule has 1 aliphatic heterocycles. The van der Waals surface area contributed by atoms with Gasteiger partial charge in [-0.25, -0.2) is 0 Å². The molecule has 3 aliphatic rings. The number of aromatic hydroxyl groups is 2. The van der Waals surface area contributed by atoms with Gasteiger partial charge < -0.3 is 34.6 Å². The van der Waals surface area contributed by atoms with Crippen LogP contribution in [-0.2, 0) is 20.7 Å². The standard InChI is InChI=1S/C27H27N3O10/c1-10-22(32)14(29-30-28)7-17(39-10)40-16-9-27(37,11(2)31)8-13-19(16)26(36)21-20(24(13)34)23(33)12-5-4-6-15(38-3)18(12)25(21)35/h4-6,10,14,16-17,22,32,34,36-37H,7-9H2,1-3H3/t10-,14-,16-,17-,22+,27-/m0/s1. The number of Topliss-reactive ketones (excluding diaryl/α,β-unsaturated/α-hetero) is 1. The lowest BCUT2D eigenvalue weighted by molar-refractivity contribution is -0.247. The number of hydrogen-bond acceptors (Lipinski definition) is 11. The first-order valence-corrected chi connectivity index (χ1v) is 12.6. The van der Waals surface area contributed by atoms with Crippen molar-refractivity contribution in [2.45, 2.75) is 69.4 Å². The van der Waals surface area contributed by atoms with Gasteiger partial charge in [-0.15, -0.1) is 0 Å². The van der Waals surface area contributed by atoms with Crippen molar-refractivity contribution in [1.29, 1.82) is 0 Å². The number of aliphatic hydroxyl groups is 2. The number of aliphatic hydroxyl groups excluding tert-OH is 1. The highest BCUT2D eigenvalue weighted by Gasteiger charge is 2.49. The first-order valence-electron chi connectivity index (χ1n) is 12.6. The van der Waals surface area contributed by atoms with E-state index < -0.39 is 82.6 Å². The second-order valence-electron chi connectivity index (χ2n) is 10.2. The van der Waals surface area contributed by atoms with Crippen LogP contribution in [0.5, 0.6) is 17.2 Å². The lowest BCUT2D eigenvalue weighted by atomic mass is 9.72. The molecule has 0 saturated carbocycles. The minimum Gasteiger partial charge on any atom is -0.507 e. The van der Waals surface area contributed by atoms with Crippen LogP contribution in [0.1, 0.15) is 75.8 Å². The van der Waals surface area contributed by atoms with Gasteiger partial charge in [-0.3, -0.25) is 14.4 Å². The van der Waals surface area contributed by atoms with Gasteiger partial charge in [-0.2, -0.15) is 0 Å². The van der Waals surface area contributed by atoms with Crippen LogP contribution < -0.4 is 4.74 Å². The Labute approximate surface area is 227 Å². The topological polar surface area (TPSA) is 209 Å². The van der Waals surface area contributed by atoms with Crippen molar-refractivity contribution in [2.24, 2.45) is 5.11 Å². The smallest absolute Gasteiger partial charge is 0.202 e. The van der Waals surface area contributed by atoms with Crippen LogP contribution in [0.25, 0.3) is 10.4 Å². The average molecular weight is 554 g/mol. The zero-order valence-electron chi connectivity index (χ0n) is 21.8. The quantitative estimate of drug-likeness (QED) is 0.157. The maximum absolute atomic E-state index is 13.7. The van der Waals surface area contributed by atoms with Crippen LogP contribution in [0.15, 0.2) is 23.3 Å². The Hall–Kier alpha value is -4.00. The summed E-state index contributed by atoms with van der Waals surface area (Å²) in [5, 5.41) is 48.0. The van der Waals surface area contributed by atoms with E-state index in [2.05, 4.69) is 10.0 Å². The van der Waals surface area contributed by atoms with Gasteiger partial charge in [0, 0.05) is 40.9 Å². The van der Waals surface area contributed by atoms with Crippen LogP contribution in [0.3, 0.4) is 0 Å². The summed E-state index contributed by atoms with van der Waals surface area (Å²) < 4.78 is 17.1. The van der Waals surface area contributed by atoms with Gasteiger partial charge in [0.05, 0.1) is 48.2 Å². The minimum atomic E-state index is -2.05. The fourth-order valence-electron chi connectivity index (χ4n) is 5.78. The summed E-state index contributed by atoms with van der Waals surface area (Å²) in [5.74, 6) is -3.38. The van der Waals surface area contributed by atoms with Gasteiger partial charge in [0.1, 0.15) is 22.8 Å². The minimum absolute atomic E-state index is 0.0378. The lowest BCUT2D eigenvalue weighted by Crippen LogP contribution is -2.49. The molecular formula is C27H27N3O10. The summed E-state index contributed by atoms with van der Waals surface area (Å²) in [5.41, 5.74) is 5.58. The van der Waals surface area contributed by atoms with Crippen molar-refractivity contribution in [3.8, 4) is 17.2 Å². The molecule has 0 radical (unpaired) electrons. The lowest BCUT2D eigenvalue weighted by Gasteiger charge is -2.42. The summed E-state index contributed by atoms with van der Waals surface area (Å²) in [7, 11) is 1.32. The molecule has 4 N–H and O–H groups in total. The zero-order chi connectivity index (χ0) is 29.1. The summed E-state index contributed by atoms with van der Waals surface area (Å²) in [6.45, 7) is 2.69. The molecule has 13 nitrogen and oxygen atoms in total. The number of phenols is 2. The molecular weight excluding hydrogens is 526 g/mol. The Morgan fingerprint density at radius 2 is 1.88 bits per heavy atom. The van der Waals surface area contributed by atoms with Gasteiger partial charge in [-0.1, -0.05) is 17.2 Å². The molecule has 0 amide bonds. The summed E-state index contributed by atoms with van der Waals surface area (Å²) >= 11 is 0. The first-order chi connectivity index (χ1) is 18.9. The number of azide groups is 1. The maximum atomic E-state index is 13.7. The van der Waals surface area contributed by atoms with Gasteiger partial charge in [-0.05, 0) is 25.4 Å². The van der Waals surface area contributed by atoms with Crippen LogP contribution in [0.2, 0.25) is 0 Å². The summed E-state index contributed by atoms with van der Waals surface area (Å²) in [6.07, 6.45) is -5.32. The Morgan fingerprint density at radius 1 is 1.18 bits per heavy atom. The van der Waals surface area contributed by atoms with E-state index in [1.54, 1.807) is 0 Å². The number of ether oxygens (including phenoxy) is 3. The van der Waals surface area contributed by atoms with E-state index in [9.17, 15) is 34.8 Å². The summed E-state index contributed by atoms with van der Waals surface area (Å²) in [4.78, 5) is 42.5. The van der Waals surface area contributed by atoms with Gasteiger partial charge >= 0.3 is 0 Å². The molecule has 1 saturated heterocycles. The van der Waals surface area contributed by atoms with Gasteiger partial charge in [0.25, 0.3) is 0 Å². The molecule has 0 aromatic heterocycles. The maximum Gasteiger partial charge on any atom is 0.202 e. The van der Waals surface area contributed by atoms with Crippen molar-refractivity contribution >= 4 is 17.3 Å². The molecule has 40 heavy (non-hydrogen) atoms. The first kappa shape index (κ1) is 27.6. The number of rotatable bonds is 5. The number of phenolic OH excluding ortho intramolecular Hbond substituents is 2. The Morgan fingerprint density at radius 3 is 2.52 bits per heavy atom. The van der Waals surface area contributed by atoms with E-state index in [0.717, 1.165) is 6.92 Å². The number of ketones is 3. The van der Waals surface area contributed by atoms with Crippen LogP contribution in [0, 0.1) is 0 Å². The Bertz CT molecular complexity index is 1500. The molecule has 13 heteroatoms. The van der Waals surface area contributed by atoms with Gasteiger partial charge in [0.2, 0.25) is 5.78 Å². The summed E-state index contributed by atoms with van der Waals surface area (Å²) in [6, 6.07) is 3.47. The predicted octanol–water partition coefficient (Wildman–Crippen LogP) is 2.38. The van der Waals surface area contributed by atoms with E-state index in [-0.39, 0.29) is 40.8 Å². The fraction of sp³-hybridized carbons (Fsp3) is 0.444. The molecule has 0 bridgehead atoms. The highest BCUT2D eigenvalue weighted by atomic mass is 16.7. The second-order valence-corrected chi connectivity index (χ2v) is 10.2. The highest BCUT2D eigenvalue weighted by molar-refractivity contribution is 6.31. The van der Waals surface area contributed by atoms with Crippen molar-refractivity contribution in [2.75, 3.05) is 7.11 Å². The molecule has 2 aliphatic carbocycles. The van der Waals surface area contributed by atoms with Crippen molar-refractivity contribution in [1.82, 2.24) is 0 Å². The SMILES string of the molecule is COc1cccc2c1C(=O)c1c(O)c3c(c(O)c1C2=O)C[C@@](O)(C(C)=O)C[C@@H]3O[C@H]1C[C@H](N=[N+]=[N-])[C@H](O)[C@H](C)O1. The van der Waals surface area contributed by atoms with Crippen LogP contribution >= 0.6 is 0 Å². The second kappa shape index (κ2) is 9.88. The van der Waals surface area contributed by atoms with E-state index in [0.29, 0.717) is 0 Å². The monoisotopic (exact) mass is 553 g/mol. The number of hydrogen-bond donors (Lipinski definition) is 4. The number of benzene rings is 2. The third-order valence-corrected chi connectivity index (χ3v) is 7.92. The highest BCUT2D eigenvalue weighted by Crippen LogP contribution is 2.52. The molecule has 0 unspecified atom stereocenters. The van der Waals surface area contributed by atoms with Crippen molar-refractivity contribution < 1.29 is 49.0 Å². The molecule has 210 valence electrons. The predicted molar refractivity (Wildman–Crippen MR) is 135 cm³/mol. The molecule has 0 spiro atoms. The van der Waals surface area contributed by atoms with Gasteiger partial charge in [0.15, 0.2) is 17.9 Å². The van der Waals surface area contributed by atoms with E-state index in [1.807, 2.05) is 0 Å². The third-order valence-electron chi connectivity index (χ3n) is 7.92. The fourth-order valence-corrected chi connectivity index (χ4v) is 5.78. The Balaban J connectivity index is 1.67. The number of carbonyl (C=O) groups excluding carboxylic acids is 3. The number of carbonyl (C=O) groups is 3. The average Bonchev–Trinajstić information content (AvgIpc) is 2.91. The largest absolute Gasteiger partial charge is 0.507 e. The van der Waals surface area contributed by atoms with Crippen molar-refractivity contribution in [3.63, 3.8) is 0 Å². The third kappa shape index (κ3) is 4.10. The number of nitrogens with zero attached hydrogens (tertiary/aromatic N) is 3. The van der Waals surface area contributed by atoms with Crippen molar-refractivity contribution in [3.05, 3.63) is 62.0 Å². The van der Waals surface area contributed by atoms with E-state index in [1.165, 1.54) is 32.2 Å². The van der Waals surface area contributed by atoms with Crippen LogP contribution in [0.4, 0.5) is 0 Å². The number of methoxy groups -OCH3 is 1. The molecule has 2 aromatic rings. The molecule has 5 rings (SSSR count). The Kier molecular flexibility index (Phi) is 6.81. The number of fused-ring (bicyclic) bond motifs is 3. The van der Waals surface area contributed by atoms with E-state index in [4.69, 9.17) is 19.7 Å². The van der Waals surface area contributed by atoms with Crippen LogP contribution in [-0.4, -0.2) is 75.0 Å². The zero-order valence-corrected chi connectivity index (χ0v) is 21.8. The molecule has 1 fully saturated rings. The molecule has 1 heterocycles. The normalized spacial score (nSPS) is 29.1.